The minimum absolute atomic E-state index is 0.00444. The van der Waals surface area contributed by atoms with E-state index in [2.05, 4.69) is 22.9 Å². The Morgan fingerprint density at radius 3 is 2.95 bits per heavy atom. The maximum atomic E-state index is 12.5. The predicted molar refractivity (Wildman–Crippen MR) is 83.4 cm³/mol. The van der Waals surface area contributed by atoms with Crippen molar-refractivity contribution in [3.63, 3.8) is 0 Å². The van der Waals surface area contributed by atoms with Gasteiger partial charge in [0.1, 0.15) is 5.58 Å². The molecule has 0 bridgehead atoms. The van der Waals surface area contributed by atoms with E-state index in [9.17, 15) is 4.79 Å². The Kier molecular flexibility index (Phi) is 3.59. The van der Waals surface area contributed by atoms with Crippen molar-refractivity contribution >= 4 is 32.8 Å². The fraction of sp³-hybridized carbons (Fsp3) is 0.438. The highest BCUT2D eigenvalue weighted by Crippen LogP contribution is 2.26. The Labute approximate surface area is 127 Å². The highest BCUT2D eigenvalue weighted by molar-refractivity contribution is 9.09. The molecule has 0 spiro atoms. The molecule has 3 rings (SSSR count). The molecule has 2 aromatic rings. The average Bonchev–Trinajstić information content (AvgIpc) is 2.84. The number of piperidine rings is 1. The molecule has 1 aromatic heterocycles. The van der Waals surface area contributed by atoms with Gasteiger partial charge in [0.25, 0.3) is 5.91 Å². The molecule has 0 radical (unpaired) electrons. The number of furan rings is 1. The minimum atomic E-state index is -0.00444. The fourth-order valence-electron chi connectivity index (χ4n) is 2.63. The summed E-state index contributed by atoms with van der Waals surface area (Å²) in [6.07, 6.45) is 1.03. The van der Waals surface area contributed by atoms with Gasteiger partial charge >= 0.3 is 0 Å². The zero-order valence-electron chi connectivity index (χ0n) is 11.7. The van der Waals surface area contributed by atoms with Crippen molar-refractivity contribution in [2.75, 3.05) is 13.1 Å². The van der Waals surface area contributed by atoms with Crippen LogP contribution in [0.5, 0.6) is 0 Å². The van der Waals surface area contributed by atoms with Gasteiger partial charge in [-0.2, -0.15) is 0 Å². The summed E-state index contributed by atoms with van der Waals surface area (Å²) in [5.41, 5.74) is 1.95. The number of rotatable bonds is 1. The summed E-state index contributed by atoms with van der Waals surface area (Å²) in [4.78, 5) is 14.8. The van der Waals surface area contributed by atoms with Gasteiger partial charge in [-0.3, -0.25) is 4.79 Å². The third-order valence-corrected chi connectivity index (χ3v) is 5.23. The molecule has 106 valence electrons. The minimum Gasteiger partial charge on any atom is -0.451 e. The first-order chi connectivity index (χ1) is 9.54. The number of fused-ring (bicyclic) bond motifs is 1. The Balaban J connectivity index is 1.85. The number of hydrogen-bond donors (Lipinski definition) is 0. The molecule has 20 heavy (non-hydrogen) atoms. The molecule has 1 aromatic carbocycles. The Morgan fingerprint density at radius 1 is 1.40 bits per heavy atom. The van der Waals surface area contributed by atoms with Gasteiger partial charge < -0.3 is 9.32 Å². The van der Waals surface area contributed by atoms with Gasteiger partial charge in [0, 0.05) is 23.3 Å². The SMILES string of the molecule is Cc1ccc2oc(C(=O)N3CCC(C)C(Br)C3)cc2c1. The van der Waals surface area contributed by atoms with Crippen LogP contribution in [0.2, 0.25) is 0 Å². The molecule has 1 amide bonds. The first-order valence-electron chi connectivity index (χ1n) is 6.98. The van der Waals surface area contributed by atoms with Gasteiger partial charge in [-0.25, -0.2) is 0 Å². The number of amides is 1. The molecule has 0 aliphatic carbocycles. The van der Waals surface area contributed by atoms with Gasteiger partial charge in [-0.05, 0) is 37.5 Å². The van der Waals surface area contributed by atoms with Crippen molar-refractivity contribution in [1.29, 1.82) is 0 Å². The van der Waals surface area contributed by atoms with Crippen molar-refractivity contribution in [3.05, 3.63) is 35.6 Å². The quantitative estimate of drug-likeness (QED) is 0.738. The fourth-order valence-corrected chi connectivity index (χ4v) is 3.24. The normalized spacial score (nSPS) is 23.2. The Morgan fingerprint density at radius 2 is 2.20 bits per heavy atom. The monoisotopic (exact) mass is 335 g/mol. The van der Waals surface area contributed by atoms with Crippen LogP contribution in [0, 0.1) is 12.8 Å². The van der Waals surface area contributed by atoms with Crippen LogP contribution in [-0.2, 0) is 0 Å². The number of aryl methyl sites for hydroxylation is 1. The van der Waals surface area contributed by atoms with Crippen molar-refractivity contribution in [3.8, 4) is 0 Å². The highest BCUT2D eigenvalue weighted by Gasteiger charge is 2.29. The van der Waals surface area contributed by atoms with E-state index in [1.165, 1.54) is 5.56 Å². The molecule has 1 saturated heterocycles. The van der Waals surface area contributed by atoms with Crippen molar-refractivity contribution in [2.24, 2.45) is 5.92 Å². The lowest BCUT2D eigenvalue weighted by molar-refractivity contribution is 0.0676. The van der Waals surface area contributed by atoms with Crippen LogP contribution in [-0.4, -0.2) is 28.7 Å². The summed E-state index contributed by atoms with van der Waals surface area (Å²) >= 11 is 3.65. The number of carbonyl (C=O) groups is 1. The molecule has 0 N–H and O–H groups in total. The van der Waals surface area contributed by atoms with Gasteiger partial charge in [0.05, 0.1) is 0 Å². The van der Waals surface area contributed by atoms with E-state index in [0.717, 1.165) is 30.5 Å². The number of likely N-dealkylation sites (tertiary alicyclic amines) is 1. The van der Waals surface area contributed by atoms with E-state index in [1.807, 2.05) is 36.1 Å². The van der Waals surface area contributed by atoms with E-state index >= 15 is 0 Å². The summed E-state index contributed by atoms with van der Waals surface area (Å²) < 4.78 is 5.69. The number of carbonyl (C=O) groups excluding carboxylic acids is 1. The third-order valence-electron chi connectivity index (χ3n) is 4.04. The topological polar surface area (TPSA) is 33.5 Å². The van der Waals surface area contributed by atoms with E-state index in [4.69, 9.17) is 4.42 Å². The first kappa shape index (κ1) is 13.7. The summed E-state index contributed by atoms with van der Waals surface area (Å²) in [5, 5.41) is 0.995. The van der Waals surface area contributed by atoms with Gasteiger partial charge in [0.15, 0.2) is 5.76 Å². The van der Waals surface area contributed by atoms with E-state index < -0.39 is 0 Å². The van der Waals surface area contributed by atoms with Crippen LogP contribution in [0.15, 0.2) is 28.7 Å². The van der Waals surface area contributed by atoms with E-state index in [-0.39, 0.29) is 5.91 Å². The number of benzene rings is 1. The van der Waals surface area contributed by atoms with Crippen LogP contribution < -0.4 is 0 Å². The second-order valence-corrected chi connectivity index (χ2v) is 6.86. The largest absolute Gasteiger partial charge is 0.451 e. The number of hydrogen-bond acceptors (Lipinski definition) is 2. The summed E-state index contributed by atoms with van der Waals surface area (Å²) in [6, 6.07) is 7.82. The lowest BCUT2D eigenvalue weighted by Crippen LogP contribution is -2.43. The maximum Gasteiger partial charge on any atom is 0.289 e. The zero-order valence-corrected chi connectivity index (χ0v) is 13.3. The Bertz CT molecular complexity index is 649. The second kappa shape index (κ2) is 5.24. The standard InChI is InChI=1S/C16H18BrNO2/c1-10-3-4-14-12(7-10)8-15(20-14)16(19)18-6-5-11(2)13(17)9-18/h3-4,7-8,11,13H,5-6,9H2,1-2H3. The summed E-state index contributed by atoms with van der Waals surface area (Å²) in [5.74, 6) is 1.05. The third kappa shape index (κ3) is 2.49. The highest BCUT2D eigenvalue weighted by atomic mass is 79.9. The van der Waals surface area contributed by atoms with Gasteiger partial charge in [-0.1, -0.05) is 34.5 Å². The van der Waals surface area contributed by atoms with Crippen LogP contribution in [0.4, 0.5) is 0 Å². The van der Waals surface area contributed by atoms with Gasteiger partial charge in [0.2, 0.25) is 0 Å². The van der Waals surface area contributed by atoms with Crippen LogP contribution >= 0.6 is 15.9 Å². The number of halogens is 1. The van der Waals surface area contributed by atoms with Crippen LogP contribution in [0.25, 0.3) is 11.0 Å². The van der Waals surface area contributed by atoms with E-state index in [0.29, 0.717) is 16.5 Å². The molecule has 3 nitrogen and oxygen atoms in total. The molecule has 4 heteroatoms. The molecule has 1 aliphatic rings. The zero-order chi connectivity index (χ0) is 14.3. The average molecular weight is 336 g/mol. The molecule has 0 saturated carbocycles. The van der Waals surface area contributed by atoms with Gasteiger partial charge in [-0.15, -0.1) is 0 Å². The lowest BCUT2D eigenvalue weighted by Gasteiger charge is -2.33. The van der Waals surface area contributed by atoms with Crippen molar-refractivity contribution in [2.45, 2.75) is 25.1 Å². The van der Waals surface area contributed by atoms with Crippen molar-refractivity contribution in [1.82, 2.24) is 4.90 Å². The molecule has 2 unspecified atom stereocenters. The molecule has 2 atom stereocenters. The predicted octanol–water partition coefficient (Wildman–Crippen LogP) is 3.99. The van der Waals surface area contributed by atoms with Crippen LogP contribution in [0.1, 0.15) is 29.5 Å². The Hall–Kier alpha value is -1.29. The molecular formula is C16H18BrNO2. The summed E-state index contributed by atoms with van der Waals surface area (Å²) in [6.45, 7) is 5.80. The second-order valence-electron chi connectivity index (χ2n) is 5.69. The van der Waals surface area contributed by atoms with Crippen molar-refractivity contribution < 1.29 is 9.21 Å². The molecule has 2 heterocycles. The lowest BCUT2D eigenvalue weighted by atomic mass is 9.99. The number of nitrogens with zero attached hydrogens (tertiary/aromatic N) is 1. The molecular weight excluding hydrogens is 318 g/mol. The molecule has 1 aliphatic heterocycles. The maximum absolute atomic E-state index is 12.5. The number of alkyl halides is 1. The van der Waals surface area contributed by atoms with E-state index in [1.54, 1.807) is 0 Å². The van der Waals surface area contributed by atoms with Crippen LogP contribution in [0.3, 0.4) is 0 Å². The molecule has 1 fully saturated rings. The smallest absolute Gasteiger partial charge is 0.289 e. The first-order valence-corrected chi connectivity index (χ1v) is 7.89. The summed E-state index contributed by atoms with van der Waals surface area (Å²) in [7, 11) is 0.